The minimum Gasteiger partial charge on any atom is -0.378 e. The Morgan fingerprint density at radius 1 is 1.16 bits per heavy atom. The fourth-order valence-electron chi connectivity index (χ4n) is 2.32. The van der Waals surface area contributed by atoms with Gasteiger partial charge in [0.05, 0.1) is 6.54 Å². The molecule has 0 unspecified atom stereocenters. The van der Waals surface area contributed by atoms with Crippen molar-refractivity contribution < 1.29 is 0 Å². The number of anilines is 1. The Morgan fingerprint density at radius 2 is 2.00 bits per heavy atom. The summed E-state index contributed by atoms with van der Waals surface area (Å²) in [6, 6.07) is 12.2. The predicted octanol–water partition coefficient (Wildman–Crippen LogP) is 3.10. The molecule has 0 aliphatic heterocycles. The highest BCUT2D eigenvalue weighted by atomic mass is 35.5. The summed E-state index contributed by atoms with van der Waals surface area (Å²) in [6.45, 7) is 4.31. The third-order valence-corrected chi connectivity index (χ3v) is 3.91. The number of hydrogen-bond donors (Lipinski definition) is 2. The van der Waals surface area contributed by atoms with Crippen LogP contribution >= 0.6 is 11.6 Å². The van der Waals surface area contributed by atoms with E-state index < -0.39 is 0 Å². The highest BCUT2D eigenvalue weighted by Gasteiger charge is 2.01. The van der Waals surface area contributed by atoms with Crippen molar-refractivity contribution in [2.24, 2.45) is 4.99 Å². The van der Waals surface area contributed by atoms with E-state index in [0.29, 0.717) is 11.7 Å². The molecule has 5 nitrogen and oxygen atoms in total. The zero-order valence-electron chi connectivity index (χ0n) is 15.1. The monoisotopic (exact) mass is 359 g/mol. The average molecular weight is 360 g/mol. The van der Waals surface area contributed by atoms with Gasteiger partial charge in [-0.15, -0.1) is 0 Å². The van der Waals surface area contributed by atoms with Gasteiger partial charge < -0.3 is 15.5 Å². The molecule has 0 atom stereocenters. The van der Waals surface area contributed by atoms with Crippen molar-refractivity contribution in [3.63, 3.8) is 0 Å². The number of nitrogens with one attached hydrogen (secondary N) is 2. The van der Waals surface area contributed by atoms with Gasteiger partial charge in [-0.05, 0) is 42.7 Å². The van der Waals surface area contributed by atoms with Gasteiger partial charge in [-0.2, -0.15) is 0 Å². The van der Waals surface area contributed by atoms with Crippen LogP contribution < -0.4 is 15.5 Å². The minimum absolute atomic E-state index is 0.520. The first-order chi connectivity index (χ1) is 12.1. The van der Waals surface area contributed by atoms with Crippen molar-refractivity contribution in [3.05, 3.63) is 58.9 Å². The molecular weight excluding hydrogens is 334 g/mol. The standard InChI is InChI=1S/C19H26ClN5/c1-4-21-19(22-11-10-15-8-9-18(20)23-13-15)24-14-16-6-5-7-17(12-16)25(2)3/h5-9,12-13H,4,10-11,14H2,1-3H3,(H2,21,22,24). The van der Waals surface area contributed by atoms with Crippen LogP contribution in [0.25, 0.3) is 0 Å². The van der Waals surface area contributed by atoms with Crippen LogP contribution in [0.15, 0.2) is 47.6 Å². The van der Waals surface area contributed by atoms with Gasteiger partial charge >= 0.3 is 0 Å². The van der Waals surface area contributed by atoms with E-state index >= 15 is 0 Å². The number of nitrogens with zero attached hydrogens (tertiary/aromatic N) is 3. The van der Waals surface area contributed by atoms with E-state index in [1.54, 1.807) is 6.20 Å². The minimum atomic E-state index is 0.520. The lowest BCUT2D eigenvalue weighted by Crippen LogP contribution is -2.38. The van der Waals surface area contributed by atoms with Gasteiger partial charge in [-0.1, -0.05) is 29.8 Å². The molecule has 0 fully saturated rings. The first-order valence-electron chi connectivity index (χ1n) is 8.47. The first-order valence-corrected chi connectivity index (χ1v) is 8.85. The Kier molecular flexibility index (Phi) is 7.54. The van der Waals surface area contributed by atoms with Gasteiger partial charge in [0.1, 0.15) is 5.15 Å². The summed E-state index contributed by atoms with van der Waals surface area (Å²) >= 11 is 5.81. The number of pyridine rings is 1. The van der Waals surface area contributed by atoms with Gasteiger partial charge in [0.2, 0.25) is 0 Å². The molecular formula is C19H26ClN5. The molecule has 2 N–H and O–H groups in total. The number of halogens is 1. The van der Waals surface area contributed by atoms with Crippen LogP contribution in [-0.2, 0) is 13.0 Å². The van der Waals surface area contributed by atoms with E-state index in [2.05, 4.69) is 56.7 Å². The number of benzene rings is 1. The Balaban J connectivity index is 1.91. The second-order valence-corrected chi connectivity index (χ2v) is 6.31. The SMILES string of the molecule is CCNC(=NCc1cccc(N(C)C)c1)NCCc1ccc(Cl)nc1. The smallest absolute Gasteiger partial charge is 0.191 e. The molecule has 0 spiro atoms. The molecule has 0 bridgehead atoms. The number of guanidine groups is 1. The molecule has 6 heteroatoms. The lowest BCUT2D eigenvalue weighted by Gasteiger charge is -2.14. The van der Waals surface area contributed by atoms with Gasteiger partial charge in [0.25, 0.3) is 0 Å². The van der Waals surface area contributed by atoms with E-state index in [-0.39, 0.29) is 0 Å². The lowest BCUT2D eigenvalue weighted by atomic mass is 10.2. The van der Waals surface area contributed by atoms with Crippen LogP contribution in [0.5, 0.6) is 0 Å². The van der Waals surface area contributed by atoms with E-state index in [0.717, 1.165) is 31.0 Å². The van der Waals surface area contributed by atoms with Crippen LogP contribution in [0.2, 0.25) is 5.15 Å². The van der Waals surface area contributed by atoms with Gasteiger partial charge in [0, 0.05) is 39.1 Å². The van der Waals surface area contributed by atoms with E-state index in [1.807, 2.05) is 26.2 Å². The summed E-state index contributed by atoms with van der Waals surface area (Å²) in [4.78, 5) is 10.9. The largest absolute Gasteiger partial charge is 0.378 e. The topological polar surface area (TPSA) is 52.6 Å². The molecule has 0 aliphatic carbocycles. The molecule has 2 rings (SSSR count). The number of rotatable bonds is 7. The molecule has 1 aromatic carbocycles. The number of aromatic nitrogens is 1. The summed E-state index contributed by atoms with van der Waals surface area (Å²) in [5.41, 5.74) is 3.51. The first kappa shape index (κ1) is 19.1. The molecule has 2 aromatic rings. The maximum absolute atomic E-state index is 5.81. The molecule has 1 heterocycles. The van der Waals surface area contributed by atoms with E-state index in [1.165, 1.54) is 11.3 Å². The van der Waals surface area contributed by atoms with Crippen molar-refractivity contribution in [2.75, 3.05) is 32.1 Å². The van der Waals surface area contributed by atoms with Crippen molar-refractivity contribution in [1.29, 1.82) is 0 Å². The van der Waals surface area contributed by atoms with E-state index in [9.17, 15) is 0 Å². The molecule has 25 heavy (non-hydrogen) atoms. The van der Waals surface area contributed by atoms with Crippen molar-refractivity contribution >= 4 is 23.2 Å². The van der Waals surface area contributed by atoms with Crippen molar-refractivity contribution in [3.8, 4) is 0 Å². The third kappa shape index (κ3) is 6.63. The molecule has 0 radical (unpaired) electrons. The molecule has 0 saturated heterocycles. The molecule has 0 aliphatic rings. The van der Waals surface area contributed by atoms with Gasteiger partial charge in [-0.3, -0.25) is 0 Å². The van der Waals surface area contributed by atoms with Crippen LogP contribution in [0.1, 0.15) is 18.1 Å². The Morgan fingerprint density at radius 3 is 2.68 bits per heavy atom. The predicted molar refractivity (Wildman–Crippen MR) is 107 cm³/mol. The molecule has 134 valence electrons. The maximum atomic E-state index is 5.81. The van der Waals surface area contributed by atoms with Crippen molar-refractivity contribution in [2.45, 2.75) is 19.9 Å². The fraction of sp³-hybridized carbons (Fsp3) is 0.368. The zero-order valence-corrected chi connectivity index (χ0v) is 15.8. The van der Waals surface area contributed by atoms with Gasteiger partial charge in [-0.25, -0.2) is 9.98 Å². The normalized spacial score (nSPS) is 11.3. The summed E-state index contributed by atoms with van der Waals surface area (Å²) in [6.07, 6.45) is 2.67. The Hall–Kier alpha value is -2.27. The molecule has 0 saturated carbocycles. The highest BCUT2D eigenvalue weighted by Crippen LogP contribution is 2.14. The summed E-state index contributed by atoms with van der Waals surface area (Å²) < 4.78 is 0. The number of aliphatic imine (C=N–C) groups is 1. The van der Waals surface area contributed by atoms with E-state index in [4.69, 9.17) is 11.6 Å². The average Bonchev–Trinajstić information content (AvgIpc) is 2.61. The van der Waals surface area contributed by atoms with Gasteiger partial charge in [0.15, 0.2) is 5.96 Å². The fourth-order valence-corrected chi connectivity index (χ4v) is 2.44. The van der Waals surface area contributed by atoms with Crippen LogP contribution in [0, 0.1) is 0 Å². The lowest BCUT2D eigenvalue weighted by molar-refractivity contribution is 0.798. The maximum Gasteiger partial charge on any atom is 0.191 e. The Bertz CT molecular complexity index is 682. The highest BCUT2D eigenvalue weighted by molar-refractivity contribution is 6.29. The third-order valence-electron chi connectivity index (χ3n) is 3.69. The Labute approximate surface area is 155 Å². The summed E-state index contributed by atoms with van der Waals surface area (Å²) in [7, 11) is 4.08. The molecule has 0 amide bonds. The molecule has 1 aromatic heterocycles. The van der Waals surface area contributed by atoms with Crippen molar-refractivity contribution in [1.82, 2.24) is 15.6 Å². The van der Waals surface area contributed by atoms with Crippen LogP contribution in [0.4, 0.5) is 5.69 Å². The second-order valence-electron chi connectivity index (χ2n) is 5.93. The van der Waals surface area contributed by atoms with Crippen LogP contribution in [0.3, 0.4) is 0 Å². The quantitative estimate of drug-likeness (QED) is 0.453. The zero-order chi connectivity index (χ0) is 18.1. The number of hydrogen-bond acceptors (Lipinski definition) is 3. The van der Waals surface area contributed by atoms with Crippen LogP contribution in [-0.4, -0.2) is 38.1 Å². The summed E-state index contributed by atoms with van der Waals surface area (Å²) in [5, 5.41) is 7.16. The summed E-state index contributed by atoms with van der Waals surface area (Å²) in [5.74, 6) is 0.819. The second kappa shape index (κ2) is 9.89.